The van der Waals surface area contributed by atoms with Crippen molar-refractivity contribution in [3.05, 3.63) is 12.2 Å². The summed E-state index contributed by atoms with van der Waals surface area (Å²) in [4.78, 5) is 45.6. The molecule has 0 aromatic rings. The fourth-order valence-corrected chi connectivity index (χ4v) is 2.55. The highest BCUT2D eigenvalue weighted by atomic mass is 16.6. The Hall–Kier alpha value is -2.22. The van der Waals surface area contributed by atoms with Gasteiger partial charge in [-0.3, -0.25) is 19.3 Å². The van der Waals surface area contributed by atoms with Gasteiger partial charge in [0.15, 0.2) is 0 Å². The van der Waals surface area contributed by atoms with Gasteiger partial charge in [-0.1, -0.05) is 0 Å². The molecule has 0 unspecified atom stereocenters. The molecule has 1 N–H and O–H groups in total. The average Bonchev–Trinajstić information content (AvgIpc) is 3.15. The van der Waals surface area contributed by atoms with Gasteiger partial charge in [-0.15, -0.1) is 0 Å². The van der Waals surface area contributed by atoms with Crippen LogP contribution >= 0.6 is 0 Å². The first kappa shape index (κ1) is 29.8. The highest BCUT2D eigenvalue weighted by molar-refractivity contribution is 6.13. The van der Waals surface area contributed by atoms with E-state index in [1.807, 2.05) is 0 Å². The Morgan fingerprint density at radius 3 is 1.56 bits per heavy atom. The van der Waals surface area contributed by atoms with Crippen LogP contribution in [0.4, 0.5) is 0 Å². The first-order valence-electron chi connectivity index (χ1n) is 11.4. The van der Waals surface area contributed by atoms with Crippen LogP contribution in [0.15, 0.2) is 12.2 Å². The zero-order chi connectivity index (χ0) is 24.7. The maximum absolute atomic E-state index is 11.7. The zero-order valence-electron chi connectivity index (χ0n) is 19.6. The molecule has 1 aliphatic heterocycles. The van der Waals surface area contributed by atoms with Crippen molar-refractivity contribution in [3.63, 3.8) is 0 Å². The molecule has 12 heteroatoms. The van der Waals surface area contributed by atoms with Crippen molar-refractivity contribution < 1.29 is 47.6 Å². The molecule has 34 heavy (non-hydrogen) atoms. The highest BCUT2D eigenvalue weighted by Gasteiger charge is 2.23. The van der Waals surface area contributed by atoms with E-state index < -0.39 is 11.8 Å². The maximum atomic E-state index is 11.7. The van der Waals surface area contributed by atoms with E-state index in [0.29, 0.717) is 92.2 Å². The number of nitrogens with zero attached hydrogens (tertiary/aromatic N) is 1. The van der Waals surface area contributed by atoms with Gasteiger partial charge in [0.05, 0.1) is 79.3 Å². The van der Waals surface area contributed by atoms with Gasteiger partial charge in [-0.05, 0) is 0 Å². The third-order valence-electron chi connectivity index (χ3n) is 4.27. The summed E-state index contributed by atoms with van der Waals surface area (Å²) in [6.07, 6.45) is 3.66. The molecule has 0 radical (unpaired) electrons. The van der Waals surface area contributed by atoms with E-state index in [2.05, 4.69) is 5.32 Å². The number of imide groups is 1. The largest absolute Gasteiger partial charge is 0.379 e. The number of carbonyl (C=O) groups is 4. The van der Waals surface area contributed by atoms with Crippen molar-refractivity contribution in [3.8, 4) is 0 Å². The van der Waals surface area contributed by atoms with Crippen LogP contribution < -0.4 is 5.32 Å². The first-order valence-corrected chi connectivity index (χ1v) is 11.4. The highest BCUT2D eigenvalue weighted by Crippen LogP contribution is 2.03. The van der Waals surface area contributed by atoms with Crippen LogP contribution in [0, 0.1) is 0 Å². The summed E-state index contributed by atoms with van der Waals surface area (Å²) >= 11 is 0. The molecule has 1 heterocycles. The van der Waals surface area contributed by atoms with Crippen molar-refractivity contribution in [2.45, 2.75) is 12.8 Å². The van der Waals surface area contributed by atoms with Gasteiger partial charge < -0.3 is 38.5 Å². The molecule has 0 bridgehead atoms. The van der Waals surface area contributed by atoms with E-state index in [4.69, 9.17) is 28.4 Å². The standard InChI is InChI=1S/C22H36N2O10/c25-7-1-8-29-10-12-31-14-16-33-18-19-34-17-15-32-13-11-30-9-5-23-20(26)4-6-24-21(27)2-3-22(24)28/h2-3,7H,1,4-6,8-19H2,(H,23,26). The molecule has 0 fully saturated rings. The van der Waals surface area contributed by atoms with E-state index in [9.17, 15) is 19.2 Å². The zero-order valence-corrected chi connectivity index (χ0v) is 19.6. The molecule has 0 aromatic heterocycles. The van der Waals surface area contributed by atoms with Crippen molar-refractivity contribution in [1.29, 1.82) is 0 Å². The Bertz CT molecular complexity index is 596. The number of ether oxygens (including phenoxy) is 6. The third kappa shape index (κ3) is 16.4. The SMILES string of the molecule is O=CCCOCCOCCOCCOCCOCCOCCNC(=O)CCN1C(=O)C=CC1=O. The molecule has 194 valence electrons. The average molecular weight is 489 g/mol. The van der Waals surface area contributed by atoms with Crippen LogP contribution in [0.1, 0.15) is 12.8 Å². The van der Waals surface area contributed by atoms with Gasteiger partial charge >= 0.3 is 0 Å². The maximum Gasteiger partial charge on any atom is 0.253 e. The second kappa shape index (κ2) is 21.3. The Kier molecular flexibility index (Phi) is 18.7. The fourth-order valence-electron chi connectivity index (χ4n) is 2.55. The van der Waals surface area contributed by atoms with E-state index in [1.165, 1.54) is 12.2 Å². The minimum absolute atomic E-state index is 0.0563. The summed E-state index contributed by atoms with van der Waals surface area (Å²) in [6.45, 7) is 5.67. The van der Waals surface area contributed by atoms with Crippen LogP contribution in [-0.4, -0.2) is 121 Å². The van der Waals surface area contributed by atoms with Crippen molar-refractivity contribution in [1.82, 2.24) is 10.2 Å². The molecule has 1 aliphatic rings. The molecule has 1 rings (SSSR count). The number of aldehydes is 1. The number of hydrogen-bond acceptors (Lipinski definition) is 10. The number of amides is 3. The predicted molar refractivity (Wildman–Crippen MR) is 119 cm³/mol. The van der Waals surface area contributed by atoms with Crippen LogP contribution in [0.25, 0.3) is 0 Å². The first-order chi connectivity index (χ1) is 16.6. The van der Waals surface area contributed by atoms with Gasteiger partial charge in [-0.25, -0.2) is 0 Å². The molecular formula is C22H36N2O10. The van der Waals surface area contributed by atoms with Gasteiger partial charge in [-0.2, -0.15) is 0 Å². The van der Waals surface area contributed by atoms with E-state index in [0.717, 1.165) is 11.2 Å². The van der Waals surface area contributed by atoms with Crippen LogP contribution in [-0.2, 0) is 47.6 Å². The minimum Gasteiger partial charge on any atom is -0.379 e. The topological polar surface area (TPSA) is 139 Å². The van der Waals surface area contributed by atoms with E-state index in [1.54, 1.807) is 0 Å². The van der Waals surface area contributed by atoms with Crippen LogP contribution in [0.5, 0.6) is 0 Å². The molecular weight excluding hydrogens is 452 g/mol. The number of rotatable bonds is 24. The Labute approximate surface area is 199 Å². The number of nitrogens with one attached hydrogen (secondary N) is 1. The molecule has 0 spiro atoms. The summed E-state index contributed by atoms with van der Waals surface area (Å²) in [5, 5.41) is 2.66. The Balaban J connectivity index is 1.72. The predicted octanol–water partition coefficient (Wildman–Crippen LogP) is -0.894. The molecule has 0 aliphatic carbocycles. The number of carbonyl (C=O) groups excluding carboxylic acids is 4. The summed E-state index contributed by atoms with van der Waals surface area (Å²) in [5.41, 5.74) is 0. The van der Waals surface area contributed by atoms with Gasteiger partial charge in [0, 0.05) is 38.1 Å². The molecule has 0 saturated heterocycles. The second-order valence-electron chi connectivity index (χ2n) is 6.89. The van der Waals surface area contributed by atoms with E-state index >= 15 is 0 Å². The molecule has 12 nitrogen and oxygen atoms in total. The quantitative estimate of drug-likeness (QED) is 0.103. The normalized spacial score (nSPS) is 13.1. The van der Waals surface area contributed by atoms with Crippen molar-refractivity contribution in [2.75, 3.05) is 92.4 Å². The molecule has 0 atom stereocenters. The van der Waals surface area contributed by atoms with Gasteiger partial charge in [0.25, 0.3) is 11.8 Å². The lowest BCUT2D eigenvalue weighted by Gasteiger charge is -2.13. The molecule has 0 saturated carbocycles. The summed E-state index contributed by atoms with van der Waals surface area (Å²) < 4.78 is 32.0. The lowest BCUT2D eigenvalue weighted by Crippen LogP contribution is -2.35. The molecule has 0 aromatic carbocycles. The second-order valence-corrected chi connectivity index (χ2v) is 6.89. The van der Waals surface area contributed by atoms with Crippen LogP contribution in [0.3, 0.4) is 0 Å². The smallest absolute Gasteiger partial charge is 0.253 e. The summed E-state index contributed by atoms with van der Waals surface area (Å²) in [5.74, 6) is -1.04. The molecule has 3 amide bonds. The van der Waals surface area contributed by atoms with E-state index in [-0.39, 0.29) is 18.9 Å². The number of hydrogen-bond donors (Lipinski definition) is 1. The van der Waals surface area contributed by atoms with Crippen molar-refractivity contribution in [2.24, 2.45) is 0 Å². The van der Waals surface area contributed by atoms with Gasteiger partial charge in [0.2, 0.25) is 5.91 Å². The minimum atomic E-state index is -0.396. The van der Waals surface area contributed by atoms with Crippen LogP contribution in [0.2, 0.25) is 0 Å². The van der Waals surface area contributed by atoms with Gasteiger partial charge in [0.1, 0.15) is 6.29 Å². The Morgan fingerprint density at radius 2 is 1.12 bits per heavy atom. The summed E-state index contributed by atoms with van der Waals surface area (Å²) in [6, 6.07) is 0. The third-order valence-corrected chi connectivity index (χ3v) is 4.27. The van der Waals surface area contributed by atoms with Crippen molar-refractivity contribution >= 4 is 24.0 Å². The fraction of sp³-hybridized carbons (Fsp3) is 0.727. The Morgan fingerprint density at radius 1 is 0.706 bits per heavy atom. The monoisotopic (exact) mass is 488 g/mol. The summed E-state index contributed by atoms with van der Waals surface area (Å²) in [7, 11) is 0. The lowest BCUT2D eigenvalue weighted by atomic mass is 10.3. The lowest BCUT2D eigenvalue weighted by molar-refractivity contribution is -0.137.